The normalized spacial score (nSPS) is 14.9. The van der Waals surface area contributed by atoms with Crippen molar-refractivity contribution in [3.8, 4) is 0 Å². The molecule has 2 rings (SSSR count). The van der Waals surface area contributed by atoms with Crippen LogP contribution in [0.25, 0.3) is 0 Å². The first-order valence-corrected chi connectivity index (χ1v) is 5.40. The third-order valence-corrected chi connectivity index (χ3v) is 2.63. The molecule has 1 fully saturated rings. The smallest absolute Gasteiger partial charge is 0.239 e. The second-order valence-electron chi connectivity index (χ2n) is 4.17. The van der Waals surface area contributed by atoms with Crippen LogP contribution in [-0.4, -0.2) is 28.3 Å². The quantitative estimate of drug-likeness (QED) is 0.671. The Balaban J connectivity index is 1.90. The maximum atomic E-state index is 11.5. The number of amides is 1. The summed E-state index contributed by atoms with van der Waals surface area (Å²) in [6, 6.07) is 0.389. The van der Waals surface area contributed by atoms with Gasteiger partial charge in [-0.25, -0.2) is 0 Å². The standard InChI is InChI=1S/C10H17N5O/c1-6-9(11)10(15(2)14-6)12-5-8(16)13-7-3-4-7/h7,12H,3-5,11H2,1-2H3,(H,13,16). The summed E-state index contributed by atoms with van der Waals surface area (Å²) in [6.07, 6.45) is 2.19. The maximum absolute atomic E-state index is 11.5. The van der Waals surface area contributed by atoms with E-state index in [9.17, 15) is 4.79 Å². The second kappa shape index (κ2) is 4.03. The van der Waals surface area contributed by atoms with Gasteiger partial charge >= 0.3 is 0 Å². The SMILES string of the molecule is Cc1nn(C)c(NCC(=O)NC2CC2)c1N. The van der Waals surface area contributed by atoms with Gasteiger partial charge in [0.2, 0.25) is 5.91 Å². The van der Waals surface area contributed by atoms with Crippen LogP contribution < -0.4 is 16.4 Å². The molecule has 0 spiro atoms. The fraction of sp³-hybridized carbons (Fsp3) is 0.600. The van der Waals surface area contributed by atoms with Crippen molar-refractivity contribution in [3.63, 3.8) is 0 Å². The highest BCUT2D eigenvalue weighted by atomic mass is 16.2. The van der Waals surface area contributed by atoms with Gasteiger partial charge in [0.1, 0.15) is 5.82 Å². The fourth-order valence-electron chi connectivity index (χ4n) is 1.55. The van der Waals surface area contributed by atoms with Crippen LogP contribution >= 0.6 is 0 Å². The lowest BCUT2D eigenvalue weighted by Crippen LogP contribution is -2.31. The number of aromatic nitrogens is 2. The minimum absolute atomic E-state index is 0.000697. The zero-order valence-electron chi connectivity index (χ0n) is 9.58. The number of nitrogen functional groups attached to an aromatic ring is 1. The number of carbonyl (C=O) groups is 1. The zero-order valence-corrected chi connectivity index (χ0v) is 9.58. The lowest BCUT2D eigenvalue weighted by Gasteiger charge is -2.07. The van der Waals surface area contributed by atoms with Gasteiger partial charge in [0.05, 0.1) is 17.9 Å². The molecular weight excluding hydrogens is 206 g/mol. The molecule has 1 aliphatic carbocycles. The van der Waals surface area contributed by atoms with Gasteiger partial charge in [-0.2, -0.15) is 5.10 Å². The van der Waals surface area contributed by atoms with Crippen LogP contribution in [-0.2, 0) is 11.8 Å². The minimum Gasteiger partial charge on any atom is -0.394 e. The van der Waals surface area contributed by atoms with Gasteiger partial charge in [0.15, 0.2) is 0 Å². The Kier molecular flexibility index (Phi) is 2.72. The molecule has 0 bridgehead atoms. The largest absolute Gasteiger partial charge is 0.394 e. The number of rotatable bonds is 4. The number of aryl methyl sites for hydroxylation is 2. The van der Waals surface area contributed by atoms with Gasteiger partial charge in [-0.05, 0) is 19.8 Å². The molecule has 0 unspecified atom stereocenters. The molecule has 0 radical (unpaired) electrons. The van der Waals surface area contributed by atoms with Gasteiger partial charge in [0.25, 0.3) is 0 Å². The molecule has 0 aliphatic heterocycles. The van der Waals surface area contributed by atoms with Crippen molar-refractivity contribution in [1.29, 1.82) is 0 Å². The van der Waals surface area contributed by atoms with Crippen molar-refractivity contribution in [1.82, 2.24) is 15.1 Å². The van der Waals surface area contributed by atoms with E-state index in [0.717, 1.165) is 18.5 Å². The van der Waals surface area contributed by atoms with E-state index in [0.29, 0.717) is 17.5 Å². The zero-order chi connectivity index (χ0) is 11.7. The van der Waals surface area contributed by atoms with Crippen LogP contribution in [0, 0.1) is 6.92 Å². The van der Waals surface area contributed by atoms with E-state index in [1.54, 1.807) is 11.7 Å². The van der Waals surface area contributed by atoms with Gasteiger partial charge in [-0.3, -0.25) is 9.48 Å². The molecule has 1 heterocycles. The maximum Gasteiger partial charge on any atom is 0.239 e. The van der Waals surface area contributed by atoms with Crippen LogP contribution in [0.15, 0.2) is 0 Å². The Hall–Kier alpha value is -1.72. The van der Waals surface area contributed by atoms with Gasteiger partial charge in [-0.1, -0.05) is 0 Å². The number of nitrogens with one attached hydrogen (secondary N) is 2. The van der Waals surface area contributed by atoms with E-state index in [-0.39, 0.29) is 12.5 Å². The van der Waals surface area contributed by atoms with Gasteiger partial charge in [-0.15, -0.1) is 0 Å². The van der Waals surface area contributed by atoms with Crippen molar-refractivity contribution in [2.75, 3.05) is 17.6 Å². The van der Waals surface area contributed by atoms with E-state index in [4.69, 9.17) is 5.73 Å². The molecule has 6 nitrogen and oxygen atoms in total. The molecule has 88 valence electrons. The van der Waals surface area contributed by atoms with E-state index >= 15 is 0 Å². The molecule has 1 aromatic heterocycles. The highest BCUT2D eigenvalue weighted by molar-refractivity contribution is 5.82. The summed E-state index contributed by atoms with van der Waals surface area (Å²) in [7, 11) is 1.80. The first-order chi connectivity index (χ1) is 7.58. The molecule has 4 N–H and O–H groups in total. The third kappa shape index (κ3) is 2.26. The molecule has 0 saturated heterocycles. The lowest BCUT2D eigenvalue weighted by atomic mass is 10.4. The van der Waals surface area contributed by atoms with Crippen LogP contribution in [0.5, 0.6) is 0 Å². The van der Waals surface area contributed by atoms with Gasteiger partial charge < -0.3 is 16.4 Å². The summed E-state index contributed by atoms with van der Waals surface area (Å²) in [5, 5.41) is 10.1. The first kappa shape index (κ1) is 10.8. The number of nitrogens with two attached hydrogens (primary N) is 1. The number of hydrogen-bond acceptors (Lipinski definition) is 4. The third-order valence-electron chi connectivity index (χ3n) is 2.63. The molecule has 1 saturated carbocycles. The summed E-state index contributed by atoms with van der Waals surface area (Å²) in [5.41, 5.74) is 7.20. The predicted molar refractivity (Wildman–Crippen MR) is 62.0 cm³/mol. The molecule has 6 heteroatoms. The highest BCUT2D eigenvalue weighted by Gasteiger charge is 2.23. The van der Waals surface area contributed by atoms with E-state index in [1.807, 2.05) is 6.92 Å². The van der Waals surface area contributed by atoms with Crippen molar-refractivity contribution in [2.45, 2.75) is 25.8 Å². The average molecular weight is 223 g/mol. The first-order valence-electron chi connectivity index (χ1n) is 5.40. The highest BCUT2D eigenvalue weighted by Crippen LogP contribution is 2.21. The monoisotopic (exact) mass is 223 g/mol. The fourth-order valence-corrected chi connectivity index (χ4v) is 1.55. The lowest BCUT2D eigenvalue weighted by molar-refractivity contribution is -0.119. The predicted octanol–water partition coefficient (Wildman–Crippen LogP) is 0.00122. The number of nitrogens with zero attached hydrogens (tertiary/aromatic N) is 2. The molecule has 0 aromatic carbocycles. The summed E-state index contributed by atoms with van der Waals surface area (Å²) in [5.74, 6) is 0.698. The van der Waals surface area contributed by atoms with Gasteiger partial charge in [0, 0.05) is 13.1 Å². The van der Waals surface area contributed by atoms with Crippen LogP contribution in [0.3, 0.4) is 0 Å². The Bertz CT molecular complexity index is 408. The summed E-state index contributed by atoms with van der Waals surface area (Å²) in [4.78, 5) is 11.5. The van der Waals surface area contributed by atoms with E-state index < -0.39 is 0 Å². The minimum atomic E-state index is 0.000697. The number of anilines is 2. The summed E-state index contributed by atoms with van der Waals surface area (Å²) >= 11 is 0. The van der Waals surface area contributed by atoms with Crippen molar-refractivity contribution < 1.29 is 4.79 Å². The van der Waals surface area contributed by atoms with E-state index in [2.05, 4.69) is 15.7 Å². The van der Waals surface area contributed by atoms with Crippen LogP contribution in [0.2, 0.25) is 0 Å². The molecule has 1 amide bonds. The molecular formula is C10H17N5O. The number of hydrogen-bond donors (Lipinski definition) is 3. The Labute approximate surface area is 94.2 Å². The second-order valence-corrected chi connectivity index (χ2v) is 4.17. The average Bonchev–Trinajstić information content (AvgIpc) is 2.97. The number of carbonyl (C=O) groups excluding carboxylic acids is 1. The Morgan fingerprint density at radius 3 is 2.81 bits per heavy atom. The van der Waals surface area contributed by atoms with Crippen molar-refractivity contribution >= 4 is 17.4 Å². The van der Waals surface area contributed by atoms with Crippen LogP contribution in [0.4, 0.5) is 11.5 Å². The van der Waals surface area contributed by atoms with Crippen molar-refractivity contribution in [3.05, 3.63) is 5.69 Å². The Morgan fingerprint density at radius 1 is 1.62 bits per heavy atom. The molecule has 0 atom stereocenters. The molecule has 1 aromatic rings. The van der Waals surface area contributed by atoms with Crippen LogP contribution in [0.1, 0.15) is 18.5 Å². The molecule has 16 heavy (non-hydrogen) atoms. The molecule has 1 aliphatic rings. The Morgan fingerprint density at radius 2 is 2.31 bits per heavy atom. The van der Waals surface area contributed by atoms with Crippen molar-refractivity contribution in [2.24, 2.45) is 7.05 Å². The topological polar surface area (TPSA) is 85.0 Å². The summed E-state index contributed by atoms with van der Waals surface area (Å²) < 4.78 is 1.65. The van der Waals surface area contributed by atoms with E-state index in [1.165, 1.54) is 0 Å². The summed E-state index contributed by atoms with van der Waals surface area (Å²) in [6.45, 7) is 2.07.